The van der Waals surface area contributed by atoms with Crippen molar-refractivity contribution in [1.29, 1.82) is 0 Å². The average molecular weight is 324 g/mol. The van der Waals surface area contributed by atoms with Crippen LogP contribution < -0.4 is 0 Å². The summed E-state index contributed by atoms with van der Waals surface area (Å²) in [5.41, 5.74) is 0. The van der Waals surface area contributed by atoms with E-state index in [-0.39, 0.29) is 22.1 Å². The minimum atomic E-state index is -1.72. The molecule has 1 rings (SSSR count). The summed E-state index contributed by atoms with van der Waals surface area (Å²) in [5, 5.41) is 9.84. The molecule has 1 aliphatic rings. The SMILES string of the molecule is CC1C(CO[Si](C)(C)C(C)(C)C)OC([Se])C1O. The Kier molecular flexibility index (Phi) is 4.90. The minimum absolute atomic E-state index is 0.00498. The molecule has 0 aromatic heterocycles. The average Bonchev–Trinajstić information content (AvgIpc) is 2.41. The molecule has 5 heteroatoms. The van der Waals surface area contributed by atoms with Gasteiger partial charge in [-0.1, -0.05) is 0 Å². The van der Waals surface area contributed by atoms with E-state index in [4.69, 9.17) is 9.16 Å². The van der Waals surface area contributed by atoms with Gasteiger partial charge in [-0.3, -0.25) is 0 Å². The Morgan fingerprint density at radius 3 is 2.24 bits per heavy atom. The quantitative estimate of drug-likeness (QED) is 0.806. The second-order valence-corrected chi connectivity index (χ2v) is 12.2. The van der Waals surface area contributed by atoms with Crippen LogP contribution in [-0.4, -0.2) is 53.3 Å². The van der Waals surface area contributed by atoms with Crippen LogP contribution in [0.2, 0.25) is 18.1 Å². The Balaban J connectivity index is 2.53. The Morgan fingerprint density at radius 1 is 1.35 bits per heavy atom. The molecule has 1 fully saturated rings. The summed E-state index contributed by atoms with van der Waals surface area (Å²) >= 11 is 2.86. The van der Waals surface area contributed by atoms with Crippen LogP contribution in [0.3, 0.4) is 0 Å². The summed E-state index contributed by atoms with van der Waals surface area (Å²) in [4.78, 5) is 0. The molecule has 0 aromatic carbocycles. The van der Waals surface area contributed by atoms with Gasteiger partial charge in [0.15, 0.2) is 0 Å². The van der Waals surface area contributed by atoms with Gasteiger partial charge in [0.2, 0.25) is 0 Å². The predicted octanol–water partition coefficient (Wildman–Crippen LogP) is 1.90. The van der Waals surface area contributed by atoms with E-state index in [0.29, 0.717) is 6.61 Å². The van der Waals surface area contributed by atoms with Crippen molar-refractivity contribution in [2.24, 2.45) is 5.92 Å². The first kappa shape index (κ1) is 15.7. The molecule has 1 aliphatic heterocycles. The Morgan fingerprint density at radius 2 is 1.88 bits per heavy atom. The topological polar surface area (TPSA) is 38.7 Å². The first-order valence-electron chi connectivity index (χ1n) is 6.19. The van der Waals surface area contributed by atoms with Crippen molar-refractivity contribution < 1.29 is 14.3 Å². The van der Waals surface area contributed by atoms with E-state index in [2.05, 4.69) is 49.9 Å². The molecule has 0 saturated carbocycles. The summed E-state index contributed by atoms with van der Waals surface area (Å²) in [5.74, 6) is 0.131. The van der Waals surface area contributed by atoms with Gasteiger partial charge in [-0.2, -0.15) is 0 Å². The van der Waals surface area contributed by atoms with Crippen LogP contribution in [0.1, 0.15) is 27.7 Å². The molecular weight excluding hydrogens is 299 g/mol. The maximum atomic E-state index is 9.83. The molecule has 0 spiro atoms. The first-order chi connectivity index (χ1) is 7.56. The molecule has 17 heavy (non-hydrogen) atoms. The van der Waals surface area contributed by atoms with Crippen LogP contribution in [0.25, 0.3) is 0 Å². The summed E-state index contributed by atoms with van der Waals surface area (Å²) in [6.45, 7) is 13.8. The van der Waals surface area contributed by atoms with Crippen LogP contribution in [0.5, 0.6) is 0 Å². The van der Waals surface area contributed by atoms with Gasteiger partial charge in [-0.25, -0.2) is 0 Å². The van der Waals surface area contributed by atoms with Gasteiger partial charge in [-0.15, -0.1) is 0 Å². The number of aliphatic hydroxyl groups excluding tert-OH is 1. The second-order valence-electron chi connectivity index (χ2n) is 6.46. The first-order valence-corrected chi connectivity index (χ1v) is 10.1. The third-order valence-corrected chi connectivity index (χ3v) is 9.45. The number of hydrogen-bond donors (Lipinski definition) is 1. The number of hydrogen-bond acceptors (Lipinski definition) is 3. The molecule has 101 valence electrons. The van der Waals surface area contributed by atoms with Crippen LogP contribution in [-0.2, 0) is 9.16 Å². The second kappa shape index (κ2) is 5.31. The molecular formula is C12H25O3SeSi. The zero-order chi connectivity index (χ0) is 13.4. The van der Waals surface area contributed by atoms with E-state index < -0.39 is 14.4 Å². The summed E-state index contributed by atoms with van der Waals surface area (Å²) in [6, 6.07) is 0. The Hall–Kier alpha value is 0.616. The molecule has 0 aliphatic carbocycles. The van der Waals surface area contributed by atoms with Gasteiger partial charge in [0.25, 0.3) is 0 Å². The third kappa shape index (κ3) is 3.55. The van der Waals surface area contributed by atoms with Crippen LogP contribution >= 0.6 is 0 Å². The van der Waals surface area contributed by atoms with E-state index in [1.54, 1.807) is 0 Å². The Labute approximate surface area is 114 Å². The summed E-state index contributed by atoms with van der Waals surface area (Å²) in [7, 11) is -1.72. The molecule has 1 radical (unpaired) electrons. The number of rotatable bonds is 3. The van der Waals surface area contributed by atoms with E-state index in [1.165, 1.54) is 0 Å². The molecule has 1 N–H and O–H groups in total. The standard InChI is InChI=1S/C12H25O3SeSi/c1-8-9(15-11(16)10(8)13)7-14-17(5,6)12(2,3)4/h8-11,13H,7H2,1-6H3. The zero-order valence-electron chi connectivity index (χ0n) is 11.7. The molecule has 3 nitrogen and oxygen atoms in total. The Bertz CT molecular complexity index is 265. The number of aliphatic hydroxyl groups is 1. The normalized spacial score (nSPS) is 35.3. The van der Waals surface area contributed by atoms with Gasteiger partial charge in [0.1, 0.15) is 0 Å². The van der Waals surface area contributed by atoms with Crippen molar-refractivity contribution in [2.45, 2.75) is 63.0 Å². The fourth-order valence-corrected chi connectivity index (χ4v) is 3.38. The van der Waals surface area contributed by atoms with Gasteiger partial charge >= 0.3 is 114 Å². The van der Waals surface area contributed by atoms with E-state index in [0.717, 1.165) is 0 Å². The predicted molar refractivity (Wildman–Crippen MR) is 72.7 cm³/mol. The zero-order valence-corrected chi connectivity index (χ0v) is 14.4. The van der Waals surface area contributed by atoms with E-state index in [1.807, 2.05) is 6.92 Å². The third-order valence-electron chi connectivity index (χ3n) is 4.13. The number of ether oxygens (including phenoxy) is 1. The molecule has 4 atom stereocenters. The molecule has 4 unspecified atom stereocenters. The van der Waals surface area contributed by atoms with Gasteiger partial charge in [-0.05, 0) is 0 Å². The fraction of sp³-hybridized carbons (Fsp3) is 1.00. The van der Waals surface area contributed by atoms with Gasteiger partial charge in [0, 0.05) is 0 Å². The van der Waals surface area contributed by atoms with Crippen LogP contribution in [0.15, 0.2) is 0 Å². The summed E-state index contributed by atoms with van der Waals surface area (Å²) in [6.07, 6.45) is -0.409. The van der Waals surface area contributed by atoms with Crippen molar-refractivity contribution >= 4 is 24.3 Å². The maximum absolute atomic E-state index is 9.83. The van der Waals surface area contributed by atoms with Gasteiger partial charge in [0.05, 0.1) is 0 Å². The fourth-order valence-electron chi connectivity index (χ4n) is 1.54. The van der Waals surface area contributed by atoms with E-state index in [9.17, 15) is 5.11 Å². The molecule has 0 amide bonds. The molecule has 1 heterocycles. The summed E-state index contributed by atoms with van der Waals surface area (Å²) < 4.78 is 11.8. The van der Waals surface area contributed by atoms with E-state index >= 15 is 0 Å². The van der Waals surface area contributed by atoms with Crippen LogP contribution in [0.4, 0.5) is 0 Å². The van der Waals surface area contributed by atoms with Crippen molar-refractivity contribution in [1.82, 2.24) is 0 Å². The monoisotopic (exact) mass is 325 g/mol. The van der Waals surface area contributed by atoms with Crippen molar-refractivity contribution in [3.8, 4) is 0 Å². The van der Waals surface area contributed by atoms with Gasteiger partial charge < -0.3 is 0 Å². The van der Waals surface area contributed by atoms with Crippen LogP contribution in [0, 0.1) is 5.92 Å². The molecule has 0 bridgehead atoms. The molecule has 0 aromatic rings. The van der Waals surface area contributed by atoms with Crippen molar-refractivity contribution in [3.05, 3.63) is 0 Å². The van der Waals surface area contributed by atoms with Crippen molar-refractivity contribution in [2.75, 3.05) is 6.61 Å². The molecule has 1 saturated heterocycles. The van der Waals surface area contributed by atoms with Crippen molar-refractivity contribution in [3.63, 3.8) is 0 Å².